The molecule has 2 heteroatoms. The molecule has 0 spiro atoms. The third-order valence-corrected chi connectivity index (χ3v) is 2.33. The van der Waals surface area contributed by atoms with Gasteiger partial charge in [-0.1, -0.05) is 30.3 Å². The number of benzene rings is 1. The Morgan fingerprint density at radius 2 is 1.71 bits per heavy atom. The van der Waals surface area contributed by atoms with Gasteiger partial charge in [0.1, 0.15) is 0 Å². The van der Waals surface area contributed by atoms with Gasteiger partial charge >= 0.3 is 0 Å². The molecular formula is C12H20N2. The Morgan fingerprint density at radius 3 is 2.29 bits per heavy atom. The standard InChI is InChI=1S/C12H20N2/c1-10(13)7-8-12(14)9-11-5-3-2-4-6-11/h2-6,10,12H,7-9,13-14H2,1H3/t10-,12+/m1/s1. The third-order valence-electron chi connectivity index (χ3n) is 2.33. The van der Waals surface area contributed by atoms with Crippen LogP contribution >= 0.6 is 0 Å². The first-order valence-corrected chi connectivity index (χ1v) is 5.23. The van der Waals surface area contributed by atoms with Gasteiger partial charge in [0.15, 0.2) is 0 Å². The van der Waals surface area contributed by atoms with Gasteiger partial charge in [-0.25, -0.2) is 0 Å². The van der Waals surface area contributed by atoms with Gasteiger partial charge < -0.3 is 11.5 Å². The second-order valence-electron chi connectivity index (χ2n) is 4.00. The number of hydrogen-bond acceptors (Lipinski definition) is 2. The lowest BCUT2D eigenvalue weighted by Gasteiger charge is -2.12. The molecule has 2 nitrogen and oxygen atoms in total. The number of nitrogens with two attached hydrogens (primary N) is 2. The normalized spacial score (nSPS) is 15.1. The zero-order valence-electron chi connectivity index (χ0n) is 8.82. The second kappa shape index (κ2) is 5.78. The molecule has 0 aliphatic rings. The Kier molecular flexibility index (Phi) is 4.63. The molecule has 0 amide bonds. The van der Waals surface area contributed by atoms with E-state index in [4.69, 9.17) is 11.5 Å². The molecule has 0 saturated heterocycles. The average Bonchev–Trinajstić information content (AvgIpc) is 2.16. The van der Waals surface area contributed by atoms with Gasteiger partial charge in [0, 0.05) is 12.1 Å². The Labute approximate surface area is 86.3 Å². The van der Waals surface area contributed by atoms with Crippen LogP contribution in [0.15, 0.2) is 30.3 Å². The molecule has 0 aliphatic carbocycles. The minimum Gasteiger partial charge on any atom is -0.328 e. The predicted molar refractivity (Wildman–Crippen MR) is 61.0 cm³/mol. The quantitative estimate of drug-likeness (QED) is 0.746. The van der Waals surface area contributed by atoms with E-state index in [1.165, 1.54) is 5.56 Å². The van der Waals surface area contributed by atoms with Crippen LogP contribution < -0.4 is 11.5 Å². The number of rotatable bonds is 5. The first-order chi connectivity index (χ1) is 6.68. The zero-order chi connectivity index (χ0) is 10.4. The molecule has 2 atom stereocenters. The lowest BCUT2D eigenvalue weighted by Crippen LogP contribution is -2.26. The van der Waals surface area contributed by atoms with E-state index in [1.54, 1.807) is 0 Å². The summed E-state index contributed by atoms with van der Waals surface area (Å²) in [5.41, 5.74) is 13.0. The van der Waals surface area contributed by atoms with E-state index in [0.29, 0.717) is 0 Å². The van der Waals surface area contributed by atoms with Crippen LogP contribution in [0, 0.1) is 0 Å². The van der Waals surface area contributed by atoms with E-state index in [9.17, 15) is 0 Å². The highest BCUT2D eigenvalue weighted by atomic mass is 14.6. The van der Waals surface area contributed by atoms with Crippen molar-refractivity contribution in [3.8, 4) is 0 Å². The first kappa shape index (κ1) is 11.2. The summed E-state index contributed by atoms with van der Waals surface area (Å²) in [7, 11) is 0. The van der Waals surface area contributed by atoms with Gasteiger partial charge in [-0.15, -0.1) is 0 Å². The van der Waals surface area contributed by atoms with E-state index in [-0.39, 0.29) is 12.1 Å². The van der Waals surface area contributed by atoms with Crippen LogP contribution in [0.3, 0.4) is 0 Å². The molecule has 0 bridgehead atoms. The molecule has 4 N–H and O–H groups in total. The van der Waals surface area contributed by atoms with E-state index in [0.717, 1.165) is 19.3 Å². The molecule has 1 aromatic rings. The molecule has 1 rings (SSSR count). The molecule has 0 unspecified atom stereocenters. The summed E-state index contributed by atoms with van der Waals surface area (Å²) in [5.74, 6) is 0. The first-order valence-electron chi connectivity index (χ1n) is 5.23. The van der Waals surface area contributed by atoms with Crippen molar-refractivity contribution >= 4 is 0 Å². The molecule has 0 aromatic heterocycles. The average molecular weight is 192 g/mol. The lowest BCUT2D eigenvalue weighted by atomic mass is 10.0. The van der Waals surface area contributed by atoms with Crippen LogP contribution in [0.2, 0.25) is 0 Å². The summed E-state index contributed by atoms with van der Waals surface area (Å²) in [6.07, 6.45) is 2.97. The predicted octanol–water partition coefficient (Wildman–Crippen LogP) is 1.68. The maximum Gasteiger partial charge on any atom is 0.00798 e. The molecule has 78 valence electrons. The van der Waals surface area contributed by atoms with Crippen LogP contribution in [0.5, 0.6) is 0 Å². The Balaban J connectivity index is 2.30. The van der Waals surface area contributed by atoms with Crippen molar-refractivity contribution in [2.75, 3.05) is 0 Å². The van der Waals surface area contributed by atoms with E-state index in [2.05, 4.69) is 12.1 Å². The highest BCUT2D eigenvalue weighted by Gasteiger charge is 2.04. The Hall–Kier alpha value is -0.860. The molecule has 1 aromatic carbocycles. The third kappa shape index (κ3) is 4.40. The van der Waals surface area contributed by atoms with Crippen molar-refractivity contribution in [3.63, 3.8) is 0 Å². The molecule has 0 heterocycles. The van der Waals surface area contributed by atoms with E-state index >= 15 is 0 Å². The van der Waals surface area contributed by atoms with Crippen molar-refractivity contribution in [1.82, 2.24) is 0 Å². The van der Waals surface area contributed by atoms with Gasteiger partial charge in [0.2, 0.25) is 0 Å². The summed E-state index contributed by atoms with van der Waals surface area (Å²) in [4.78, 5) is 0. The lowest BCUT2D eigenvalue weighted by molar-refractivity contribution is 0.536. The summed E-state index contributed by atoms with van der Waals surface area (Å²) < 4.78 is 0. The van der Waals surface area contributed by atoms with Crippen molar-refractivity contribution in [2.24, 2.45) is 11.5 Å². The van der Waals surface area contributed by atoms with Crippen LogP contribution in [-0.4, -0.2) is 12.1 Å². The number of hydrogen-bond donors (Lipinski definition) is 2. The molecule has 14 heavy (non-hydrogen) atoms. The highest BCUT2D eigenvalue weighted by molar-refractivity contribution is 5.15. The minimum atomic E-state index is 0.239. The maximum absolute atomic E-state index is 6.00. The summed E-state index contributed by atoms with van der Waals surface area (Å²) in [5, 5.41) is 0. The van der Waals surface area contributed by atoms with Gasteiger partial charge in [0.05, 0.1) is 0 Å². The highest BCUT2D eigenvalue weighted by Crippen LogP contribution is 2.06. The fraction of sp³-hybridized carbons (Fsp3) is 0.500. The van der Waals surface area contributed by atoms with Crippen LogP contribution in [0.25, 0.3) is 0 Å². The largest absolute Gasteiger partial charge is 0.328 e. The Morgan fingerprint density at radius 1 is 1.07 bits per heavy atom. The molecular weight excluding hydrogens is 172 g/mol. The summed E-state index contributed by atoms with van der Waals surface area (Å²) in [6, 6.07) is 10.9. The summed E-state index contributed by atoms with van der Waals surface area (Å²) in [6.45, 7) is 2.02. The second-order valence-corrected chi connectivity index (χ2v) is 4.00. The van der Waals surface area contributed by atoms with Gasteiger partial charge in [-0.2, -0.15) is 0 Å². The SMILES string of the molecule is C[C@@H](N)CC[C@H](N)Cc1ccccc1. The van der Waals surface area contributed by atoms with Gasteiger partial charge in [0.25, 0.3) is 0 Å². The molecule has 0 saturated carbocycles. The summed E-state index contributed by atoms with van der Waals surface area (Å²) >= 11 is 0. The fourth-order valence-electron chi connectivity index (χ4n) is 1.50. The molecule has 0 fully saturated rings. The molecule has 0 aliphatic heterocycles. The smallest absolute Gasteiger partial charge is 0.00798 e. The maximum atomic E-state index is 6.00. The van der Waals surface area contributed by atoms with Crippen molar-refractivity contribution in [3.05, 3.63) is 35.9 Å². The van der Waals surface area contributed by atoms with Crippen molar-refractivity contribution < 1.29 is 0 Å². The zero-order valence-corrected chi connectivity index (χ0v) is 8.82. The van der Waals surface area contributed by atoms with Gasteiger partial charge in [-0.3, -0.25) is 0 Å². The monoisotopic (exact) mass is 192 g/mol. The molecule has 0 radical (unpaired) electrons. The minimum absolute atomic E-state index is 0.239. The van der Waals surface area contributed by atoms with E-state index < -0.39 is 0 Å². The van der Waals surface area contributed by atoms with E-state index in [1.807, 2.05) is 25.1 Å². The fourth-order valence-corrected chi connectivity index (χ4v) is 1.50. The van der Waals surface area contributed by atoms with Crippen molar-refractivity contribution in [2.45, 2.75) is 38.3 Å². The topological polar surface area (TPSA) is 52.0 Å². The van der Waals surface area contributed by atoms with Gasteiger partial charge in [-0.05, 0) is 31.7 Å². The Bertz CT molecular complexity index is 244. The van der Waals surface area contributed by atoms with Crippen LogP contribution in [-0.2, 0) is 6.42 Å². The van der Waals surface area contributed by atoms with Crippen LogP contribution in [0.1, 0.15) is 25.3 Å². The van der Waals surface area contributed by atoms with Crippen LogP contribution in [0.4, 0.5) is 0 Å². The van der Waals surface area contributed by atoms with Crippen molar-refractivity contribution in [1.29, 1.82) is 0 Å².